The fourth-order valence-corrected chi connectivity index (χ4v) is 6.10. The normalized spacial score (nSPS) is 19.4. The molecule has 2 heterocycles. The molecule has 0 spiro atoms. The highest BCUT2D eigenvalue weighted by atomic mass is 35.5. The van der Waals surface area contributed by atoms with Gasteiger partial charge in [0.05, 0.1) is 21.8 Å². The van der Waals surface area contributed by atoms with Crippen molar-refractivity contribution < 1.29 is 4.21 Å². The molecule has 0 saturated carbocycles. The quantitative estimate of drug-likeness (QED) is 0.471. The first kappa shape index (κ1) is 25.0. The largest absolute Gasteiger partial charge is 0.298 e. The van der Waals surface area contributed by atoms with Gasteiger partial charge in [-0.3, -0.25) is 14.3 Å². The van der Waals surface area contributed by atoms with E-state index >= 15 is 0 Å². The molecule has 1 aliphatic heterocycles. The Kier molecular flexibility index (Phi) is 7.87. The van der Waals surface area contributed by atoms with Crippen LogP contribution >= 0.6 is 11.6 Å². The monoisotopic (exact) mass is 500 g/mol. The van der Waals surface area contributed by atoms with Crippen molar-refractivity contribution in [1.82, 2.24) is 18.8 Å². The van der Waals surface area contributed by atoms with Crippen molar-refractivity contribution in [3.8, 4) is 0 Å². The molecule has 0 N–H and O–H groups in total. The molecule has 2 aromatic carbocycles. The van der Waals surface area contributed by atoms with E-state index in [0.717, 1.165) is 24.4 Å². The number of aromatic nitrogens is 2. The van der Waals surface area contributed by atoms with Gasteiger partial charge in [0.1, 0.15) is 16.8 Å². The zero-order valence-electron chi connectivity index (χ0n) is 20.3. The minimum Gasteiger partial charge on any atom is -0.298 e. The molecule has 1 fully saturated rings. The van der Waals surface area contributed by atoms with Gasteiger partial charge in [-0.1, -0.05) is 37.1 Å². The van der Waals surface area contributed by atoms with Gasteiger partial charge in [0, 0.05) is 37.7 Å². The molecule has 34 heavy (non-hydrogen) atoms. The highest BCUT2D eigenvalue weighted by Gasteiger charge is 2.32. The average molecular weight is 501 g/mol. The maximum Gasteiger partial charge on any atom is 0.261 e. The van der Waals surface area contributed by atoms with E-state index in [1.807, 2.05) is 12.1 Å². The fourth-order valence-electron chi connectivity index (χ4n) is 4.65. The van der Waals surface area contributed by atoms with Crippen LogP contribution in [0.3, 0.4) is 0 Å². The van der Waals surface area contributed by atoms with Gasteiger partial charge in [0.15, 0.2) is 0 Å². The molecular formula is C26H33ClN4O2S. The molecule has 6 nitrogen and oxygen atoms in total. The van der Waals surface area contributed by atoms with Crippen molar-refractivity contribution in [2.24, 2.45) is 7.05 Å². The molecule has 1 saturated heterocycles. The van der Waals surface area contributed by atoms with E-state index in [2.05, 4.69) is 42.1 Å². The van der Waals surface area contributed by atoms with Crippen LogP contribution < -0.4 is 5.56 Å². The van der Waals surface area contributed by atoms with Gasteiger partial charge in [-0.2, -0.15) is 0 Å². The molecule has 1 aromatic heterocycles. The first-order valence-electron chi connectivity index (χ1n) is 12.0. The summed E-state index contributed by atoms with van der Waals surface area (Å²) in [4.78, 5) is 20.9. The summed E-state index contributed by atoms with van der Waals surface area (Å²) in [6, 6.07) is 13.4. The Bertz CT molecular complexity index is 1240. The number of aryl methyl sites for hydroxylation is 1. The lowest BCUT2D eigenvalue weighted by atomic mass is 10.1. The third kappa shape index (κ3) is 5.13. The van der Waals surface area contributed by atoms with Gasteiger partial charge in [0.2, 0.25) is 0 Å². The second-order valence-corrected chi connectivity index (χ2v) is 11.0. The third-order valence-electron chi connectivity index (χ3n) is 6.75. The first-order valence-corrected chi connectivity index (χ1v) is 13.5. The van der Waals surface area contributed by atoms with Gasteiger partial charge in [-0.15, -0.1) is 0 Å². The minimum atomic E-state index is -1.19. The van der Waals surface area contributed by atoms with E-state index in [4.69, 9.17) is 16.6 Å². The van der Waals surface area contributed by atoms with E-state index in [0.29, 0.717) is 28.3 Å². The topological polar surface area (TPSA) is 58.4 Å². The molecular weight excluding hydrogens is 468 g/mol. The lowest BCUT2D eigenvalue weighted by Gasteiger charge is -2.41. The maximum absolute atomic E-state index is 13.3. The molecule has 4 rings (SSSR count). The molecule has 0 amide bonds. The number of hydrogen-bond donors (Lipinski definition) is 0. The summed E-state index contributed by atoms with van der Waals surface area (Å²) in [7, 11) is 0.577. The second kappa shape index (κ2) is 10.7. The Balaban J connectivity index is 1.48. The lowest BCUT2D eigenvalue weighted by Crippen LogP contribution is -2.53. The van der Waals surface area contributed by atoms with Crippen LogP contribution in [0.5, 0.6) is 0 Å². The third-order valence-corrected chi connectivity index (χ3v) is 8.63. The summed E-state index contributed by atoms with van der Waals surface area (Å²) in [6.45, 7) is 8.55. The summed E-state index contributed by atoms with van der Waals surface area (Å²) in [5.41, 5.74) is 1.84. The Labute approximate surface area is 209 Å². The number of unbranched alkanes of at least 4 members (excludes halogenated alkanes) is 1. The van der Waals surface area contributed by atoms with E-state index in [-0.39, 0.29) is 17.6 Å². The number of piperazine rings is 1. The highest BCUT2D eigenvalue weighted by molar-refractivity contribution is 7.82. The Hall–Kier alpha value is -2.06. The van der Waals surface area contributed by atoms with Crippen LogP contribution in [-0.2, 0) is 24.5 Å². The first-order chi connectivity index (χ1) is 16.3. The SMILES string of the molecule is CCCCc1ccc(S(=O)N2CCN(C(C)c3nc4cc(Cl)ccc4c(=O)n3C)CC2C)cc1. The van der Waals surface area contributed by atoms with Gasteiger partial charge in [0.25, 0.3) is 5.56 Å². The zero-order chi connectivity index (χ0) is 24.4. The highest BCUT2D eigenvalue weighted by Crippen LogP contribution is 2.26. The van der Waals surface area contributed by atoms with Crippen molar-refractivity contribution in [3.63, 3.8) is 0 Å². The zero-order valence-corrected chi connectivity index (χ0v) is 21.9. The second-order valence-electron chi connectivity index (χ2n) is 9.15. The maximum atomic E-state index is 13.3. The Morgan fingerprint density at radius 2 is 1.91 bits per heavy atom. The molecule has 3 unspecified atom stereocenters. The van der Waals surface area contributed by atoms with E-state index in [9.17, 15) is 9.00 Å². The Morgan fingerprint density at radius 1 is 1.18 bits per heavy atom. The minimum absolute atomic E-state index is 0.0584. The van der Waals surface area contributed by atoms with Gasteiger partial charge in [-0.05, 0) is 62.6 Å². The van der Waals surface area contributed by atoms with Gasteiger partial charge < -0.3 is 0 Å². The number of rotatable bonds is 7. The smallest absolute Gasteiger partial charge is 0.261 e. The number of halogens is 1. The van der Waals surface area contributed by atoms with Crippen LogP contribution in [0.4, 0.5) is 0 Å². The van der Waals surface area contributed by atoms with Crippen molar-refractivity contribution in [2.45, 2.75) is 57.0 Å². The molecule has 1 aliphatic rings. The number of benzene rings is 2. The van der Waals surface area contributed by atoms with Crippen LogP contribution in [0, 0.1) is 0 Å². The van der Waals surface area contributed by atoms with E-state index in [1.54, 1.807) is 29.8 Å². The molecule has 3 atom stereocenters. The van der Waals surface area contributed by atoms with Gasteiger partial charge in [-0.25, -0.2) is 13.5 Å². The molecule has 8 heteroatoms. The van der Waals surface area contributed by atoms with E-state index < -0.39 is 11.0 Å². The fraction of sp³-hybridized carbons (Fsp3) is 0.462. The van der Waals surface area contributed by atoms with Crippen LogP contribution in [-0.4, -0.2) is 48.6 Å². The summed E-state index contributed by atoms with van der Waals surface area (Å²) in [6.07, 6.45) is 3.41. The summed E-state index contributed by atoms with van der Waals surface area (Å²) >= 11 is 6.14. The standard InChI is InChI=1S/C26H33ClN4O2S/c1-5-6-7-20-8-11-22(12-9-20)34(33)31-15-14-30(17-18(31)2)19(3)25-28-24-16-21(27)10-13-23(24)26(32)29(25)4/h8-13,16,18-19H,5-7,14-15,17H2,1-4H3. The van der Waals surface area contributed by atoms with Crippen molar-refractivity contribution in [3.05, 3.63) is 69.2 Å². The summed E-state index contributed by atoms with van der Waals surface area (Å²) in [5, 5.41) is 1.13. The summed E-state index contributed by atoms with van der Waals surface area (Å²) < 4.78 is 17.0. The molecule has 0 aliphatic carbocycles. The van der Waals surface area contributed by atoms with Crippen molar-refractivity contribution in [2.75, 3.05) is 19.6 Å². The molecule has 3 aromatic rings. The number of nitrogens with zero attached hydrogens (tertiary/aromatic N) is 4. The molecule has 0 bridgehead atoms. The average Bonchev–Trinajstić information content (AvgIpc) is 2.84. The van der Waals surface area contributed by atoms with Crippen LogP contribution in [0.15, 0.2) is 52.2 Å². The molecule has 182 valence electrons. The lowest BCUT2D eigenvalue weighted by molar-refractivity contribution is 0.107. The Morgan fingerprint density at radius 3 is 2.59 bits per heavy atom. The van der Waals surface area contributed by atoms with E-state index in [1.165, 1.54) is 18.4 Å². The number of fused-ring (bicyclic) bond motifs is 1. The summed E-state index contributed by atoms with van der Waals surface area (Å²) in [5.74, 6) is 0.712. The predicted molar refractivity (Wildman–Crippen MR) is 140 cm³/mol. The van der Waals surface area contributed by atoms with Crippen LogP contribution in [0.25, 0.3) is 10.9 Å². The predicted octanol–water partition coefficient (Wildman–Crippen LogP) is 4.72. The van der Waals surface area contributed by atoms with Crippen molar-refractivity contribution >= 4 is 33.5 Å². The van der Waals surface area contributed by atoms with Crippen LogP contribution in [0.1, 0.15) is 51.0 Å². The van der Waals surface area contributed by atoms with Crippen molar-refractivity contribution in [1.29, 1.82) is 0 Å². The van der Waals surface area contributed by atoms with Gasteiger partial charge >= 0.3 is 0 Å². The molecule has 0 radical (unpaired) electrons. The van der Waals surface area contributed by atoms with Crippen LogP contribution in [0.2, 0.25) is 5.02 Å². The number of hydrogen-bond acceptors (Lipinski definition) is 4.